The molecule has 1 N–H and O–H groups in total. The fraction of sp³-hybridized carbons (Fsp3) is 0.688. The van der Waals surface area contributed by atoms with E-state index in [-0.39, 0.29) is 30.6 Å². The molecule has 0 saturated carbocycles. The van der Waals surface area contributed by atoms with Gasteiger partial charge in [-0.1, -0.05) is 0 Å². The second kappa shape index (κ2) is 7.31. The first-order chi connectivity index (χ1) is 11.5. The molecule has 8 heteroatoms. The number of carbonyl (C=O) groups excluding carboxylic acids is 2. The largest absolute Gasteiger partial charge is 0.365 e. The maximum absolute atomic E-state index is 12.3. The van der Waals surface area contributed by atoms with Crippen molar-refractivity contribution < 1.29 is 14.3 Å². The number of morpholine rings is 1. The average Bonchev–Trinajstić information content (AvgIpc) is 2.98. The van der Waals surface area contributed by atoms with Crippen LogP contribution in [-0.4, -0.2) is 83.4 Å². The number of likely N-dealkylation sites (N-methyl/N-ethyl adjacent to an activating group) is 1. The highest BCUT2D eigenvalue weighted by Crippen LogP contribution is 2.14. The van der Waals surface area contributed by atoms with E-state index in [0.29, 0.717) is 12.1 Å². The smallest absolute Gasteiger partial charge is 0.254 e. The molecule has 2 unspecified atom stereocenters. The van der Waals surface area contributed by atoms with Crippen molar-refractivity contribution in [3.63, 3.8) is 0 Å². The molecule has 1 aromatic rings. The van der Waals surface area contributed by atoms with Crippen molar-refractivity contribution in [1.82, 2.24) is 24.9 Å². The molecule has 2 amide bonds. The lowest BCUT2D eigenvalue weighted by molar-refractivity contribution is -0.148. The average molecular weight is 335 g/mol. The van der Waals surface area contributed by atoms with Gasteiger partial charge in [0.2, 0.25) is 5.91 Å². The molecular weight excluding hydrogens is 310 g/mol. The molecule has 0 radical (unpaired) electrons. The van der Waals surface area contributed by atoms with E-state index in [4.69, 9.17) is 4.74 Å². The molecule has 2 saturated heterocycles. The van der Waals surface area contributed by atoms with Gasteiger partial charge in [0.25, 0.3) is 5.91 Å². The number of piperidine rings is 1. The van der Waals surface area contributed by atoms with E-state index in [2.05, 4.69) is 15.3 Å². The molecular formula is C16H25N5O3. The van der Waals surface area contributed by atoms with E-state index < -0.39 is 0 Å². The highest BCUT2D eigenvalue weighted by Gasteiger charge is 2.28. The number of likely N-dealkylation sites (tertiary alicyclic amines) is 1. The summed E-state index contributed by atoms with van der Waals surface area (Å²) < 4.78 is 7.25. The highest BCUT2D eigenvalue weighted by atomic mass is 16.5. The van der Waals surface area contributed by atoms with Crippen LogP contribution >= 0.6 is 0 Å². The number of ether oxygens (including phenoxy) is 1. The Kier molecular flexibility index (Phi) is 5.15. The number of aromatic nitrogens is 2. The van der Waals surface area contributed by atoms with Gasteiger partial charge in [0.05, 0.1) is 17.9 Å². The molecule has 2 atom stereocenters. The Bertz CT molecular complexity index is 602. The lowest BCUT2D eigenvalue weighted by atomic mass is 10.0. The summed E-state index contributed by atoms with van der Waals surface area (Å²) in [6.45, 7) is 3.38. The Hall–Kier alpha value is -1.93. The SMILES string of the molecule is CN1CC(CN2CCCC(NC(=O)c3cnn(C)c3)C2)OCC1=O. The summed E-state index contributed by atoms with van der Waals surface area (Å²) in [6, 6.07) is 0.134. The third-order valence-corrected chi connectivity index (χ3v) is 4.62. The van der Waals surface area contributed by atoms with Crippen LogP contribution in [-0.2, 0) is 16.6 Å². The van der Waals surface area contributed by atoms with Crippen LogP contribution in [0, 0.1) is 0 Å². The molecule has 0 aromatic carbocycles. The summed E-state index contributed by atoms with van der Waals surface area (Å²) in [5.74, 6) is -0.0410. The van der Waals surface area contributed by atoms with Gasteiger partial charge in [-0.2, -0.15) is 5.10 Å². The monoisotopic (exact) mass is 335 g/mol. The quantitative estimate of drug-likeness (QED) is 0.800. The first-order valence-corrected chi connectivity index (χ1v) is 8.38. The lowest BCUT2D eigenvalue weighted by Crippen LogP contribution is -2.53. The van der Waals surface area contributed by atoms with Crippen LogP contribution in [0.1, 0.15) is 23.2 Å². The minimum Gasteiger partial charge on any atom is -0.365 e. The number of hydrogen-bond donors (Lipinski definition) is 1. The van der Waals surface area contributed by atoms with E-state index in [0.717, 1.165) is 32.5 Å². The molecule has 0 bridgehead atoms. The predicted molar refractivity (Wildman–Crippen MR) is 87.5 cm³/mol. The van der Waals surface area contributed by atoms with Gasteiger partial charge in [0.15, 0.2) is 0 Å². The first kappa shape index (κ1) is 16.9. The van der Waals surface area contributed by atoms with Crippen LogP contribution in [0.3, 0.4) is 0 Å². The van der Waals surface area contributed by atoms with Crippen LogP contribution in [0.25, 0.3) is 0 Å². The van der Waals surface area contributed by atoms with Crippen molar-refractivity contribution in [3.05, 3.63) is 18.0 Å². The zero-order valence-corrected chi connectivity index (χ0v) is 14.3. The molecule has 8 nitrogen and oxygen atoms in total. The van der Waals surface area contributed by atoms with E-state index in [1.807, 2.05) is 7.05 Å². The zero-order valence-electron chi connectivity index (χ0n) is 14.3. The Morgan fingerprint density at radius 1 is 1.42 bits per heavy atom. The summed E-state index contributed by atoms with van der Waals surface area (Å²) in [4.78, 5) is 27.8. The van der Waals surface area contributed by atoms with E-state index in [1.165, 1.54) is 0 Å². The van der Waals surface area contributed by atoms with E-state index >= 15 is 0 Å². The van der Waals surface area contributed by atoms with Crippen LogP contribution < -0.4 is 5.32 Å². The minimum atomic E-state index is -0.0748. The summed E-state index contributed by atoms with van der Waals surface area (Å²) in [6.07, 6.45) is 5.36. The molecule has 3 heterocycles. The number of rotatable bonds is 4. The van der Waals surface area contributed by atoms with Crippen molar-refractivity contribution in [3.8, 4) is 0 Å². The van der Waals surface area contributed by atoms with E-state index in [1.54, 1.807) is 29.0 Å². The number of hydrogen-bond acceptors (Lipinski definition) is 5. The third kappa shape index (κ3) is 4.12. The number of carbonyl (C=O) groups is 2. The number of nitrogens with zero attached hydrogens (tertiary/aromatic N) is 4. The van der Waals surface area contributed by atoms with Gasteiger partial charge in [0.1, 0.15) is 6.61 Å². The Labute approximate surface area is 141 Å². The Balaban J connectivity index is 1.49. The summed E-state index contributed by atoms with van der Waals surface area (Å²) in [5, 5.41) is 7.13. The van der Waals surface area contributed by atoms with Gasteiger partial charge < -0.3 is 15.0 Å². The number of amides is 2. The first-order valence-electron chi connectivity index (χ1n) is 8.38. The maximum Gasteiger partial charge on any atom is 0.254 e. The summed E-state index contributed by atoms with van der Waals surface area (Å²) in [5.41, 5.74) is 0.588. The lowest BCUT2D eigenvalue weighted by Gasteiger charge is -2.37. The van der Waals surface area contributed by atoms with E-state index in [9.17, 15) is 9.59 Å². The summed E-state index contributed by atoms with van der Waals surface area (Å²) >= 11 is 0. The zero-order chi connectivity index (χ0) is 17.1. The normalized spacial score (nSPS) is 25.8. The minimum absolute atomic E-state index is 0.0338. The fourth-order valence-corrected chi connectivity index (χ4v) is 3.30. The number of nitrogens with one attached hydrogen (secondary N) is 1. The second-order valence-electron chi connectivity index (χ2n) is 6.68. The van der Waals surface area contributed by atoms with Gasteiger partial charge in [0, 0.05) is 46.0 Å². The molecule has 2 aliphatic rings. The van der Waals surface area contributed by atoms with Gasteiger partial charge in [-0.3, -0.25) is 19.2 Å². The van der Waals surface area contributed by atoms with Crippen molar-refractivity contribution in [2.45, 2.75) is 25.0 Å². The molecule has 1 aromatic heterocycles. The number of aryl methyl sites for hydroxylation is 1. The third-order valence-electron chi connectivity index (χ3n) is 4.62. The standard InChI is InChI=1S/C16H25N5O3/c1-19-9-14(24-11-15(19)22)10-21-5-3-4-13(8-21)18-16(23)12-6-17-20(2)7-12/h6-7,13-14H,3-5,8-11H2,1-2H3,(H,18,23). The predicted octanol–water partition coefficient (Wildman–Crippen LogP) is -0.528. The maximum atomic E-state index is 12.3. The van der Waals surface area contributed by atoms with Crippen LogP contribution in [0.2, 0.25) is 0 Å². The second-order valence-corrected chi connectivity index (χ2v) is 6.68. The van der Waals surface area contributed by atoms with Crippen molar-refractivity contribution in [1.29, 1.82) is 0 Å². The Morgan fingerprint density at radius 2 is 2.25 bits per heavy atom. The van der Waals surface area contributed by atoms with Gasteiger partial charge in [-0.25, -0.2) is 0 Å². The molecule has 0 aliphatic carbocycles. The Morgan fingerprint density at radius 3 is 2.96 bits per heavy atom. The van der Waals surface area contributed by atoms with Crippen LogP contribution in [0.15, 0.2) is 12.4 Å². The fourth-order valence-electron chi connectivity index (χ4n) is 3.30. The van der Waals surface area contributed by atoms with Crippen LogP contribution in [0.5, 0.6) is 0 Å². The topological polar surface area (TPSA) is 79.7 Å². The molecule has 2 aliphatic heterocycles. The highest BCUT2D eigenvalue weighted by molar-refractivity contribution is 5.93. The molecule has 3 rings (SSSR count). The van der Waals surface area contributed by atoms with Gasteiger partial charge in [-0.15, -0.1) is 0 Å². The van der Waals surface area contributed by atoms with Crippen molar-refractivity contribution in [2.75, 3.05) is 39.8 Å². The van der Waals surface area contributed by atoms with Gasteiger partial charge >= 0.3 is 0 Å². The summed E-state index contributed by atoms with van der Waals surface area (Å²) in [7, 11) is 3.61. The van der Waals surface area contributed by atoms with Crippen LogP contribution in [0.4, 0.5) is 0 Å². The molecule has 0 spiro atoms. The van der Waals surface area contributed by atoms with Gasteiger partial charge in [-0.05, 0) is 19.4 Å². The van der Waals surface area contributed by atoms with Crippen molar-refractivity contribution >= 4 is 11.8 Å². The van der Waals surface area contributed by atoms with Crippen molar-refractivity contribution in [2.24, 2.45) is 7.05 Å². The molecule has 132 valence electrons. The molecule has 2 fully saturated rings. The molecule has 24 heavy (non-hydrogen) atoms.